The van der Waals surface area contributed by atoms with Gasteiger partial charge in [0.2, 0.25) is 11.8 Å². The average molecular weight is 381 g/mol. The minimum atomic E-state index is -0.241. The second-order valence-electron chi connectivity index (χ2n) is 8.63. The first-order valence-electron chi connectivity index (χ1n) is 10.8. The Morgan fingerprint density at radius 1 is 1.11 bits per heavy atom. The van der Waals surface area contributed by atoms with Gasteiger partial charge in [0.25, 0.3) is 0 Å². The van der Waals surface area contributed by atoms with E-state index in [1.54, 1.807) is 7.11 Å². The fraction of sp³-hybridized carbons (Fsp3) is 0.905. The van der Waals surface area contributed by atoms with Crippen molar-refractivity contribution in [1.29, 1.82) is 0 Å². The predicted molar refractivity (Wildman–Crippen MR) is 103 cm³/mol. The fourth-order valence-corrected chi connectivity index (χ4v) is 4.83. The third-order valence-corrected chi connectivity index (χ3v) is 6.78. The highest BCUT2D eigenvalue weighted by Gasteiger charge is 2.38. The molecule has 0 bridgehead atoms. The summed E-state index contributed by atoms with van der Waals surface area (Å²) in [5.41, 5.74) is -0.241. The second-order valence-corrected chi connectivity index (χ2v) is 8.63. The van der Waals surface area contributed by atoms with Gasteiger partial charge in [-0.2, -0.15) is 0 Å². The van der Waals surface area contributed by atoms with Crippen molar-refractivity contribution in [3.63, 3.8) is 0 Å². The Balaban J connectivity index is 1.53. The number of rotatable bonds is 7. The van der Waals surface area contributed by atoms with E-state index in [1.165, 1.54) is 25.7 Å². The molecule has 6 nitrogen and oxygen atoms in total. The van der Waals surface area contributed by atoms with Crippen LogP contribution in [-0.2, 0) is 19.1 Å². The zero-order chi connectivity index (χ0) is 19.1. The van der Waals surface area contributed by atoms with Gasteiger partial charge in [0, 0.05) is 57.9 Å². The molecule has 154 valence electrons. The molecule has 6 heteroatoms. The molecule has 3 aliphatic rings. The largest absolute Gasteiger partial charge is 0.385 e. The van der Waals surface area contributed by atoms with Crippen LogP contribution in [-0.4, -0.2) is 62.3 Å². The Morgan fingerprint density at radius 2 is 1.78 bits per heavy atom. The van der Waals surface area contributed by atoms with Crippen LogP contribution in [0.1, 0.15) is 64.2 Å². The minimum absolute atomic E-state index is 0.0557. The van der Waals surface area contributed by atoms with Crippen LogP contribution < -0.4 is 5.32 Å². The van der Waals surface area contributed by atoms with Gasteiger partial charge in [-0.3, -0.25) is 9.59 Å². The summed E-state index contributed by atoms with van der Waals surface area (Å²) in [4.78, 5) is 27.5. The molecule has 0 spiro atoms. The van der Waals surface area contributed by atoms with Crippen LogP contribution in [0.2, 0.25) is 0 Å². The van der Waals surface area contributed by atoms with Gasteiger partial charge < -0.3 is 19.7 Å². The van der Waals surface area contributed by atoms with E-state index in [-0.39, 0.29) is 17.4 Å². The van der Waals surface area contributed by atoms with Crippen LogP contribution in [0.3, 0.4) is 0 Å². The number of methoxy groups -OCH3 is 1. The standard InChI is InChI=1S/C21H36N2O4/c1-26-15-10-21(22-20(25)18-6-13-27-14-7-18)8-11-23(12-9-21)19(24)16-17-4-2-3-5-17/h17-18H,2-16H2,1H3,(H,22,25). The van der Waals surface area contributed by atoms with Crippen molar-refractivity contribution in [2.45, 2.75) is 69.7 Å². The first kappa shape index (κ1) is 20.6. The summed E-state index contributed by atoms with van der Waals surface area (Å²) < 4.78 is 10.7. The lowest BCUT2D eigenvalue weighted by molar-refractivity contribution is -0.135. The van der Waals surface area contributed by atoms with Gasteiger partial charge in [-0.15, -0.1) is 0 Å². The lowest BCUT2D eigenvalue weighted by Crippen LogP contribution is -2.58. The summed E-state index contributed by atoms with van der Waals surface area (Å²) in [6, 6.07) is 0. The monoisotopic (exact) mass is 380 g/mol. The summed E-state index contributed by atoms with van der Waals surface area (Å²) >= 11 is 0. The van der Waals surface area contributed by atoms with Gasteiger partial charge in [-0.05, 0) is 50.9 Å². The maximum atomic E-state index is 12.8. The van der Waals surface area contributed by atoms with Crippen LogP contribution in [0.15, 0.2) is 0 Å². The third kappa shape index (κ3) is 5.67. The molecule has 3 fully saturated rings. The number of likely N-dealkylation sites (tertiary alicyclic amines) is 1. The number of piperidine rings is 1. The number of ether oxygens (including phenoxy) is 2. The Bertz CT molecular complexity index is 490. The minimum Gasteiger partial charge on any atom is -0.385 e. The summed E-state index contributed by atoms with van der Waals surface area (Å²) in [7, 11) is 1.70. The van der Waals surface area contributed by atoms with Gasteiger partial charge >= 0.3 is 0 Å². The summed E-state index contributed by atoms with van der Waals surface area (Å²) in [6.07, 6.45) is 9.73. The normalized spacial score (nSPS) is 24.1. The van der Waals surface area contributed by atoms with E-state index < -0.39 is 0 Å². The number of amides is 2. The van der Waals surface area contributed by atoms with Crippen molar-refractivity contribution in [2.75, 3.05) is 40.0 Å². The van der Waals surface area contributed by atoms with Gasteiger partial charge in [-0.25, -0.2) is 0 Å². The maximum Gasteiger partial charge on any atom is 0.223 e. The van der Waals surface area contributed by atoms with Crippen molar-refractivity contribution in [2.24, 2.45) is 11.8 Å². The first-order valence-corrected chi connectivity index (χ1v) is 10.8. The zero-order valence-electron chi connectivity index (χ0n) is 16.8. The molecule has 27 heavy (non-hydrogen) atoms. The molecule has 2 heterocycles. The van der Waals surface area contributed by atoms with Crippen molar-refractivity contribution in [3.05, 3.63) is 0 Å². The molecule has 0 radical (unpaired) electrons. The van der Waals surface area contributed by atoms with Crippen LogP contribution in [0.25, 0.3) is 0 Å². The van der Waals surface area contributed by atoms with Gasteiger partial charge in [0.05, 0.1) is 0 Å². The molecular weight excluding hydrogens is 344 g/mol. The molecule has 0 atom stereocenters. The van der Waals surface area contributed by atoms with E-state index in [2.05, 4.69) is 5.32 Å². The van der Waals surface area contributed by atoms with Crippen LogP contribution in [0.5, 0.6) is 0 Å². The Morgan fingerprint density at radius 3 is 2.41 bits per heavy atom. The number of hydrogen-bond acceptors (Lipinski definition) is 4. The number of carbonyl (C=O) groups is 2. The molecule has 1 saturated carbocycles. The van der Waals surface area contributed by atoms with Crippen LogP contribution in [0, 0.1) is 11.8 Å². The average Bonchev–Trinajstić information content (AvgIpc) is 3.20. The third-order valence-electron chi connectivity index (χ3n) is 6.78. The molecule has 2 amide bonds. The van der Waals surface area contributed by atoms with E-state index in [0.29, 0.717) is 38.1 Å². The van der Waals surface area contributed by atoms with Gasteiger partial charge in [-0.1, -0.05) is 12.8 Å². The lowest BCUT2D eigenvalue weighted by atomic mass is 9.83. The molecular formula is C21H36N2O4. The molecule has 1 aliphatic carbocycles. The SMILES string of the molecule is COCCC1(NC(=O)C2CCOCC2)CCN(C(=O)CC2CCCC2)CC1. The number of nitrogens with one attached hydrogen (secondary N) is 1. The van der Waals surface area contributed by atoms with E-state index in [4.69, 9.17) is 9.47 Å². The van der Waals surface area contributed by atoms with E-state index in [9.17, 15) is 9.59 Å². The smallest absolute Gasteiger partial charge is 0.223 e. The van der Waals surface area contributed by atoms with Crippen molar-refractivity contribution < 1.29 is 19.1 Å². The molecule has 0 aromatic carbocycles. The highest BCUT2D eigenvalue weighted by atomic mass is 16.5. The number of nitrogens with zero attached hydrogens (tertiary/aromatic N) is 1. The lowest BCUT2D eigenvalue weighted by Gasteiger charge is -2.43. The molecule has 1 N–H and O–H groups in total. The Kier molecular flexibility index (Phi) is 7.53. The van der Waals surface area contributed by atoms with Crippen molar-refractivity contribution in [3.8, 4) is 0 Å². The molecule has 2 aliphatic heterocycles. The highest BCUT2D eigenvalue weighted by Crippen LogP contribution is 2.31. The first-order chi connectivity index (χ1) is 13.1. The van der Waals surface area contributed by atoms with Crippen molar-refractivity contribution >= 4 is 11.8 Å². The number of hydrogen-bond donors (Lipinski definition) is 1. The summed E-state index contributed by atoms with van der Waals surface area (Å²) in [5, 5.41) is 3.36. The summed E-state index contributed by atoms with van der Waals surface area (Å²) in [6.45, 7) is 3.45. The van der Waals surface area contributed by atoms with E-state index in [0.717, 1.165) is 45.2 Å². The van der Waals surface area contributed by atoms with E-state index in [1.807, 2.05) is 4.90 Å². The van der Waals surface area contributed by atoms with Gasteiger partial charge in [0.15, 0.2) is 0 Å². The molecule has 0 aromatic rings. The molecule has 0 aromatic heterocycles. The molecule has 0 unspecified atom stereocenters. The van der Waals surface area contributed by atoms with Crippen LogP contribution in [0.4, 0.5) is 0 Å². The predicted octanol–water partition coefficient (Wildman–Crippen LogP) is 2.51. The topological polar surface area (TPSA) is 67.9 Å². The van der Waals surface area contributed by atoms with E-state index >= 15 is 0 Å². The highest BCUT2D eigenvalue weighted by molar-refractivity contribution is 5.80. The van der Waals surface area contributed by atoms with Crippen molar-refractivity contribution in [1.82, 2.24) is 10.2 Å². The molecule has 2 saturated heterocycles. The summed E-state index contributed by atoms with van der Waals surface area (Å²) in [5.74, 6) is 1.10. The zero-order valence-corrected chi connectivity index (χ0v) is 16.8. The fourth-order valence-electron chi connectivity index (χ4n) is 4.83. The second kappa shape index (κ2) is 9.87. The molecule has 3 rings (SSSR count). The number of carbonyl (C=O) groups excluding carboxylic acids is 2. The van der Waals surface area contributed by atoms with Gasteiger partial charge in [0.1, 0.15) is 0 Å². The quantitative estimate of drug-likeness (QED) is 0.737. The Hall–Kier alpha value is -1.14. The maximum absolute atomic E-state index is 12.8. The Labute approximate surface area is 163 Å². The van der Waals surface area contributed by atoms with Crippen LogP contribution >= 0.6 is 0 Å².